The minimum absolute atomic E-state index is 0.0557. The molecule has 1 saturated heterocycles. The number of ether oxygens (including phenoxy) is 1. The molecule has 7 heteroatoms. The zero-order chi connectivity index (χ0) is 19.3. The van der Waals surface area contributed by atoms with Crippen LogP contribution >= 0.6 is 11.6 Å². The van der Waals surface area contributed by atoms with Crippen molar-refractivity contribution in [3.05, 3.63) is 40.4 Å². The summed E-state index contributed by atoms with van der Waals surface area (Å²) < 4.78 is 44.8. The first-order valence-electron chi connectivity index (χ1n) is 8.55. The Hall–Kier alpha value is -1.69. The summed E-state index contributed by atoms with van der Waals surface area (Å²) in [5, 5.41) is -0.309. The van der Waals surface area contributed by atoms with Crippen LogP contribution in [0.4, 0.5) is 18.0 Å². The number of amides is 1. The van der Waals surface area contributed by atoms with E-state index in [0.29, 0.717) is 12.0 Å². The minimum atomic E-state index is -4.50. The number of hydrogen-bond donors (Lipinski definition) is 0. The zero-order valence-corrected chi connectivity index (χ0v) is 15.6. The Labute approximate surface area is 155 Å². The molecular formula is C19H21ClF3NO2. The van der Waals surface area contributed by atoms with Gasteiger partial charge in [-0.15, -0.1) is 0 Å². The molecule has 2 atom stereocenters. The average Bonchev–Trinajstić information content (AvgIpc) is 2.75. The van der Waals surface area contributed by atoms with Gasteiger partial charge in [0.2, 0.25) is 0 Å². The lowest BCUT2D eigenvalue weighted by Gasteiger charge is -2.35. The molecule has 2 unspecified atom stereocenters. The van der Waals surface area contributed by atoms with Crippen molar-refractivity contribution < 1.29 is 22.7 Å². The molecular weight excluding hydrogens is 367 g/mol. The highest BCUT2D eigenvalue weighted by Crippen LogP contribution is 2.42. The molecule has 1 fully saturated rings. The van der Waals surface area contributed by atoms with Crippen LogP contribution in [0.5, 0.6) is 0 Å². The zero-order valence-electron chi connectivity index (χ0n) is 14.9. The second kappa shape index (κ2) is 6.48. The number of halogens is 4. The number of carbonyl (C=O) groups excluding carboxylic acids is 1. The lowest BCUT2D eigenvalue weighted by atomic mass is 9.93. The Bertz CT molecular complexity index is 752. The van der Waals surface area contributed by atoms with Gasteiger partial charge in [0.25, 0.3) is 0 Å². The van der Waals surface area contributed by atoms with Gasteiger partial charge < -0.3 is 4.74 Å². The molecule has 0 N–H and O–H groups in total. The minimum Gasteiger partial charge on any atom is -0.444 e. The van der Waals surface area contributed by atoms with E-state index >= 15 is 0 Å². The summed E-state index contributed by atoms with van der Waals surface area (Å²) in [5.41, 5.74) is -0.0976. The third-order valence-corrected chi connectivity index (χ3v) is 4.97. The first-order chi connectivity index (χ1) is 12.0. The molecule has 1 amide bonds. The van der Waals surface area contributed by atoms with Gasteiger partial charge in [-0.1, -0.05) is 23.7 Å². The molecule has 0 aliphatic carbocycles. The smallest absolute Gasteiger partial charge is 0.417 e. The molecule has 0 spiro atoms. The van der Waals surface area contributed by atoms with Crippen LogP contribution in [0.15, 0.2) is 24.3 Å². The van der Waals surface area contributed by atoms with Crippen LogP contribution in [0.3, 0.4) is 0 Å². The fourth-order valence-electron chi connectivity index (χ4n) is 3.59. The van der Waals surface area contributed by atoms with Gasteiger partial charge in [0.15, 0.2) is 0 Å². The van der Waals surface area contributed by atoms with Crippen molar-refractivity contribution in [2.24, 2.45) is 0 Å². The van der Waals surface area contributed by atoms with Gasteiger partial charge in [0, 0.05) is 6.04 Å². The molecule has 1 aromatic rings. The Balaban J connectivity index is 1.87. The van der Waals surface area contributed by atoms with Crippen molar-refractivity contribution in [2.75, 3.05) is 0 Å². The van der Waals surface area contributed by atoms with Crippen molar-refractivity contribution in [1.82, 2.24) is 4.90 Å². The monoisotopic (exact) mass is 387 g/mol. The highest BCUT2D eigenvalue weighted by atomic mass is 35.5. The maximum absolute atomic E-state index is 13.1. The van der Waals surface area contributed by atoms with E-state index in [1.165, 1.54) is 6.07 Å². The number of hydrogen-bond acceptors (Lipinski definition) is 2. The summed E-state index contributed by atoms with van der Waals surface area (Å²) in [6, 6.07) is 3.77. The summed E-state index contributed by atoms with van der Waals surface area (Å²) >= 11 is 5.71. The second-order valence-electron chi connectivity index (χ2n) is 7.77. The van der Waals surface area contributed by atoms with Crippen molar-refractivity contribution in [3.63, 3.8) is 0 Å². The molecule has 2 aliphatic heterocycles. The highest BCUT2D eigenvalue weighted by Gasteiger charge is 2.42. The van der Waals surface area contributed by atoms with E-state index in [-0.39, 0.29) is 23.2 Å². The molecule has 0 saturated carbocycles. The van der Waals surface area contributed by atoms with Gasteiger partial charge in [0.1, 0.15) is 5.60 Å². The van der Waals surface area contributed by atoms with Crippen molar-refractivity contribution in [1.29, 1.82) is 0 Å². The van der Waals surface area contributed by atoms with Crippen LogP contribution in [-0.4, -0.2) is 28.7 Å². The molecule has 142 valence electrons. The number of carbonyl (C=O) groups is 1. The maximum Gasteiger partial charge on any atom is 0.417 e. The lowest BCUT2D eigenvalue weighted by molar-refractivity contribution is -0.137. The molecule has 2 heterocycles. The fourth-order valence-corrected chi connectivity index (χ4v) is 3.81. The summed E-state index contributed by atoms with van der Waals surface area (Å²) in [6.07, 6.45) is -0.876. The second-order valence-corrected chi connectivity index (χ2v) is 8.18. The SMILES string of the molecule is CC(C)(C)OC(=O)N1C2C=C(c3ccc(Cl)c(C(F)(F)F)c3)CC1CC2. The van der Waals surface area contributed by atoms with Gasteiger partial charge in [-0.3, -0.25) is 4.90 Å². The Morgan fingerprint density at radius 3 is 2.50 bits per heavy atom. The molecule has 0 aromatic heterocycles. The molecule has 1 aromatic carbocycles. The topological polar surface area (TPSA) is 29.5 Å². The number of alkyl halides is 3. The third-order valence-electron chi connectivity index (χ3n) is 4.64. The van der Waals surface area contributed by atoms with Gasteiger partial charge in [-0.2, -0.15) is 13.2 Å². The Morgan fingerprint density at radius 1 is 1.23 bits per heavy atom. The fraction of sp³-hybridized carbons (Fsp3) is 0.526. The van der Waals surface area contributed by atoms with Crippen molar-refractivity contribution in [2.45, 2.75) is 63.9 Å². The van der Waals surface area contributed by atoms with E-state index in [9.17, 15) is 18.0 Å². The molecule has 0 radical (unpaired) electrons. The van der Waals surface area contributed by atoms with Crippen LogP contribution in [0.2, 0.25) is 5.02 Å². The maximum atomic E-state index is 13.1. The van der Waals surface area contributed by atoms with E-state index in [1.807, 2.05) is 26.8 Å². The highest BCUT2D eigenvalue weighted by molar-refractivity contribution is 6.31. The average molecular weight is 388 g/mol. The van der Waals surface area contributed by atoms with Crippen LogP contribution in [-0.2, 0) is 10.9 Å². The van der Waals surface area contributed by atoms with Crippen LogP contribution in [0.25, 0.3) is 5.57 Å². The van der Waals surface area contributed by atoms with E-state index in [0.717, 1.165) is 24.5 Å². The van der Waals surface area contributed by atoms with Crippen LogP contribution < -0.4 is 0 Å². The summed E-state index contributed by atoms with van der Waals surface area (Å²) in [7, 11) is 0. The van der Waals surface area contributed by atoms with Crippen molar-refractivity contribution >= 4 is 23.3 Å². The molecule has 3 nitrogen and oxygen atoms in total. The molecule has 2 bridgehead atoms. The Kier molecular flexibility index (Phi) is 4.76. The summed E-state index contributed by atoms with van der Waals surface area (Å²) in [6.45, 7) is 5.43. The number of benzene rings is 1. The predicted molar refractivity (Wildman–Crippen MR) is 93.9 cm³/mol. The normalized spacial score (nSPS) is 23.0. The van der Waals surface area contributed by atoms with Gasteiger partial charge in [0.05, 0.1) is 16.6 Å². The van der Waals surface area contributed by atoms with Gasteiger partial charge >= 0.3 is 12.3 Å². The van der Waals surface area contributed by atoms with E-state index < -0.39 is 17.3 Å². The molecule has 26 heavy (non-hydrogen) atoms. The van der Waals surface area contributed by atoms with E-state index in [1.54, 1.807) is 11.0 Å². The number of nitrogens with zero attached hydrogens (tertiary/aromatic N) is 1. The van der Waals surface area contributed by atoms with Gasteiger partial charge in [-0.25, -0.2) is 4.79 Å². The summed E-state index contributed by atoms with van der Waals surface area (Å²) in [4.78, 5) is 14.2. The van der Waals surface area contributed by atoms with Crippen LogP contribution in [0, 0.1) is 0 Å². The molecule has 2 aliphatic rings. The van der Waals surface area contributed by atoms with Crippen LogP contribution in [0.1, 0.15) is 51.2 Å². The first kappa shape index (κ1) is 19.1. The first-order valence-corrected chi connectivity index (χ1v) is 8.92. The Morgan fingerprint density at radius 2 is 1.92 bits per heavy atom. The largest absolute Gasteiger partial charge is 0.444 e. The van der Waals surface area contributed by atoms with E-state index in [2.05, 4.69) is 0 Å². The lowest BCUT2D eigenvalue weighted by Crippen LogP contribution is -2.45. The van der Waals surface area contributed by atoms with Crippen molar-refractivity contribution in [3.8, 4) is 0 Å². The predicted octanol–water partition coefficient (Wildman–Crippen LogP) is 5.91. The quantitative estimate of drug-likeness (QED) is 0.599. The standard InChI is InChI=1S/C19H21ClF3NO2/c1-18(2,3)26-17(25)24-13-5-6-14(24)9-12(8-13)11-4-7-16(20)15(10-11)19(21,22)23/h4,7-8,10,13-14H,5-6,9H2,1-3H3. The molecule has 3 rings (SSSR count). The third kappa shape index (κ3) is 3.85. The van der Waals surface area contributed by atoms with Gasteiger partial charge in [-0.05, 0) is 63.3 Å². The summed E-state index contributed by atoms with van der Waals surface area (Å²) in [5.74, 6) is 0. The van der Waals surface area contributed by atoms with E-state index in [4.69, 9.17) is 16.3 Å². The number of fused-ring (bicyclic) bond motifs is 2. The number of rotatable bonds is 1.